The van der Waals surface area contributed by atoms with Crippen LogP contribution in [0.25, 0.3) is 11.5 Å². The van der Waals surface area contributed by atoms with E-state index in [1.165, 1.54) is 16.4 Å². The minimum atomic E-state index is -3.83. The molecule has 0 radical (unpaired) electrons. The third-order valence-electron chi connectivity index (χ3n) is 4.54. The predicted octanol–water partition coefficient (Wildman–Crippen LogP) is 4.19. The van der Waals surface area contributed by atoms with Crippen LogP contribution >= 0.6 is 11.6 Å². The highest BCUT2D eigenvalue weighted by Crippen LogP contribution is 2.35. The lowest BCUT2D eigenvalue weighted by atomic mass is 10.2. The molecule has 0 spiro atoms. The van der Waals surface area contributed by atoms with Crippen LogP contribution in [-0.4, -0.2) is 29.0 Å². The highest BCUT2D eigenvalue weighted by atomic mass is 35.5. The fourth-order valence-corrected chi connectivity index (χ4v) is 5.05. The summed E-state index contributed by atoms with van der Waals surface area (Å²) in [6.07, 6.45) is 1.51. The largest absolute Gasteiger partial charge is 0.419 e. The van der Waals surface area contributed by atoms with Gasteiger partial charge in [-0.2, -0.15) is 4.31 Å². The molecule has 3 aromatic rings. The van der Waals surface area contributed by atoms with Gasteiger partial charge in [0.05, 0.1) is 22.0 Å². The number of sulfonamides is 1. The van der Waals surface area contributed by atoms with Crippen LogP contribution in [0.5, 0.6) is 0 Å². The molecule has 2 aromatic carbocycles. The fourth-order valence-electron chi connectivity index (χ4n) is 3.00. The molecule has 1 aromatic heterocycles. The lowest BCUT2D eigenvalue weighted by Gasteiger charge is -2.21. The van der Waals surface area contributed by atoms with Crippen LogP contribution in [0.3, 0.4) is 0 Å². The Bertz CT molecular complexity index is 1130. The van der Waals surface area contributed by atoms with Gasteiger partial charge in [-0.1, -0.05) is 23.7 Å². The molecule has 0 atom stereocenters. The molecule has 1 fully saturated rings. The van der Waals surface area contributed by atoms with Crippen molar-refractivity contribution in [3.63, 3.8) is 0 Å². The zero-order chi connectivity index (χ0) is 19.9. The van der Waals surface area contributed by atoms with Gasteiger partial charge in [0.2, 0.25) is 21.8 Å². The standard InChI is InChI=1S/C19H17ClFN3O3S/c1-12-10-13(21)6-9-17(12)28(25,26)24(14-7-8-14)11-18-22-23-19(27-18)15-4-2-3-5-16(15)20/h2-6,9-10,14H,7-8,11H2,1H3. The Morgan fingerprint density at radius 3 is 2.64 bits per heavy atom. The van der Waals surface area contributed by atoms with Crippen molar-refractivity contribution in [2.45, 2.75) is 37.2 Å². The first kappa shape index (κ1) is 19.0. The van der Waals surface area contributed by atoms with E-state index in [2.05, 4.69) is 10.2 Å². The van der Waals surface area contributed by atoms with E-state index in [0.717, 1.165) is 18.9 Å². The smallest absolute Gasteiger partial charge is 0.249 e. The Kier molecular flexibility index (Phi) is 4.95. The van der Waals surface area contributed by atoms with Crippen LogP contribution in [0.2, 0.25) is 5.02 Å². The maximum atomic E-state index is 13.4. The van der Waals surface area contributed by atoms with Gasteiger partial charge in [0.1, 0.15) is 5.82 Å². The molecule has 6 nitrogen and oxygen atoms in total. The van der Waals surface area contributed by atoms with Gasteiger partial charge in [-0.15, -0.1) is 10.2 Å². The fraction of sp³-hybridized carbons (Fsp3) is 0.263. The van der Waals surface area contributed by atoms with E-state index < -0.39 is 15.8 Å². The van der Waals surface area contributed by atoms with Gasteiger partial charge >= 0.3 is 0 Å². The van der Waals surface area contributed by atoms with E-state index in [-0.39, 0.29) is 29.3 Å². The van der Waals surface area contributed by atoms with Crippen molar-refractivity contribution >= 4 is 21.6 Å². The normalized spacial score (nSPS) is 14.6. The number of hydrogen-bond donors (Lipinski definition) is 0. The van der Waals surface area contributed by atoms with Crippen LogP contribution in [0.4, 0.5) is 4.39 Å². The number of aromatic nitrogens is 2. The van der Waals surface area contributed by atoms with Crippen molar-refractivity contribution in [2.24, 2.45) is 0 Å². The molecule has 1 heterocycles. The van der Waals surface area contributed by atoms with E-state index in [9.17, 15) is 12.8 Å². The average molecular weight is 422 g/mol. The minimum absolute atomic E-state index is 0.0543. The molecular weight excluding hydrogens is 405 g/mol. The molecule has 1 aliphatic rings. The summed E-state index contributed by atoms with van der Waals surface area (Å²) in [6.45, 7) is 1.52. The Morgan fingerprint density at radius 1 is 1.21 bits per heavy atom. The Hall–Kier alpha value is -2.29. The summed E-state index contributed by atoms with van der Waals surface area (Å²) in [4.78, 5) is 0.0756. The first-order valence-corrected chi connectivity index (χ1v) is 10.5. The van der Waals surface area contributed by atoms with E-state index in [0.29, 0.717) is 16.1 Å². The number of nitrogens with zero attached hydrogens (tertiary/aromatic N) is 3. The highest BCUT2D eigenvalue weighted by Gasteiger charge is 2.39. The first-order chi connectivity index (χ1) is 13.4. The monoisotopic (exact) mass is 421 g/mol. The molecule has 0 bridgehead atoms. The van der Waals surface area contributed by atoms with E-state index in [1.54, 1.807) is 31.2 Å². The van der Waals surface area contributed by atoms with Gasteiger partial charge < -0.3 is 4.42 Å². The van der Waals surface area contributed by atoms with Gasteiger partial charge in [-0.05, 0) is 55.7 Å². The van der Waals surface area contributed by atoms with E-state index in [4.69, 9.17) is 16.0 Å². The molecule has 1 aliphatic carbocycles. The molecule has 1 saturated carbocycles. The van der Waals surface area contributed by atoms with Gasteiger partial charge in [0.25, 0.3) is 0 Å². The molecule has 146 valence electrons. The van der Waals surface area contributed by atoms with Crippen molar-refractivity contribution in [3.8, 4) is 11.5 Å². The van der Waals surface area contributed by atoms with Crippen LogP contribution in [0, 0.1) is 12.7 Å². The quantitative estimate of drug-likeness (QED) is 0.596. The average Bonchev–Trinajstić information content (AvgIpc) is 3.37. The summed E-state index contributed by atoms with van der Waals surface area (Å²) >= 11 is 6.15. The molecule has 9 heteroatoms. The van der Waals surface area contributed by atoms with Gasteiger partial charge in [0.15, 0.2) is 0 Å². The first-order valence-electron chi connectivity index (χ1n) is 8.71. The number of aryl methyl sites for hydroxylation is 1. The summed E-state index contributed by atoms with van der Waals surface area (Å²) in [6, 6.07) is 10.5. The predicted molar refractivity (Wildman–Crippen MR) is 102 cm³/mol. The number of rotatable bonds is 6. The van der Waals surface area contributed by atoms with Crippen LogP contribution < -0.4 is 0 Å². The Labute approximate surface area is 167 Å². The van der Waals surface area contributed by atoms with E-state index >= 15 is 0 Å². The summed E-state index contributed by atoms with van der Waals surface area (Å²) in [5.74, 6) is -0.0763. The van der Waals surface area contributed by atoms with Gasteiger partial charge in [0, 0.05) is 6.04 Å². The number of halogens is 2. The van der Waals surface area contributed by atoms with Gasteiger partial charge in [-0.3, -0.25) is 0 Å². The minimum Gasteiger partial charge on any atom is -0.419 e. The van der Waals surface area contributed by atoms with Crippen LogP contribution in [0.1, 0.15) is 24.3 Å². The number of benzene rings is 2. The molecule has 0 aliphatic heterocycles. The molecule has 4 rings (SSSR count). The van der Waals surface area contributed by atoms with Crippen LogP contribution in [0.15, 0.2) is 51.8 Å². The van der Waals surface area contributed by atoms with Crippen molar-refractivity contribution in [3.05, 3.63) is 64.8 Å². The maximum Gasteiger partial charge on any atom is 0.249 e. The third kappa shape index (κ3) is 3.67. The third-order valence-corrected chi connectivity index (χ3v) is 6.93. The van der Waals surface area contributed by atoms with Crippen molar-refractivity contribution < 1.29 is 17.2 Å². The topological polar surface area (TPSA) is 76.3 Å². The Balaban J connectivity index is 1.64. The molecule has 0 N–H and O–H groups in total. The lowest BCUT2D eigenvalue weighted by Crippen LogP contribution is -2.33. The summed E-state index contributed by atoms with van der Waals surface area (Å²) < 4.78 is 46.8. The summed E-state index contributed by atoms with van der Waals surface area (Å²) in [5.41, 5.74) is 0.936. The second-order valence-electron chi connectivity index (χ2n) is 6.67. The summed E-state index contributed by atoms with van der Waals surface area (Å²) in [5, 5.41) is 8.44. The van der Waals surface area contributed by atoms with Crippen molar-refractivity contribution in [2.75, 3.05) is 0 Å². The molecular formula is C19H17ClFN3O3S. The molecule has 0 amide bonds. The lowest BCUT2D eigenvalue weighted by molar-refractivity contribution is 0.351. The SMILES string of the molecule is Cc1cc(F)ccc1S(=O)(=O)N(Cc1nnc(-c2ccccc2Cl)o1)C1CC1. The maximum absolute atomic E-state index is 13.4. The van der Waals surface area contributed by atoms with Crippen LogP contribution in [-0.2, 0) is 16.6 Å². The number of hydrogen-bond acceptors (Lipinski definition) is 5. The summed E-state index contributed by atoms with van der Waals surface area (Å²) in [7, 11) is -3.83. The highest BCUT2D eigenvalue weighted by molar-refractivity contribution is 7.89. The zero-order valence-electron chi connectivity index (χ0n) is 15.0. The van der Waals surface area contributed by atoms with Gasteiger partial charge in [-0.25, -0.2) is 12.8 Å². The zero-order valence-corrected chi connectivity index (χ0v) is 16.5. The second-order valence-corrected chi connectivity index (χ2v) is 8.94. The van der Waals surface area contributed by atoms with Crippen molar-refractivity contribution in [1.29, 1.82) is 0 Å². The van der Waals surface area contributed by atoms with E-state index in [1.807, 2.05) is 0 Å². The molecule has 0 unspecified atom stereocenters. The van der Waals surface area contributed by atoms with Crippen molar-refractivity contribution in [1.82, 2.24) is 14.5 Å². The Morgan fingerprint density at radius 2 is 1.96 bits per heavy atom. The molecule has 0 saturated heterocycles. The molecule has 28 heavy (non-hydrogen) atoms. The second kappa shape index (κ2) is 7.27.